The molecule has 0 spiro atoms. The average Bonchev–Trinajstić information content (AvgIpc) is 2.86. The van der Waals surface area contributed by atoms with Crippen LogP contribution in [-0.4, -0.2) is 40.6 Å². The molecule has 146 valence electrons. The molecule has 1 atom stereocenters. The van der Waals surface area contributed by atoms with E-state index >= 15 is 0 Å². The monoisotopic (exact) mass is 396 g/mol. The van der Waals surface area contributed by atoms with Crippen LogP contribution in [0.3, 0.4) is 0 Å². The number of hydrogen-bond donors (Lipinski definition) is 1. The Hall–Kier alpha value is -2.61. The van der Waals surface area contributed by atoms with Gasteiger partial charge < -0.3 is 14.9 Å². The van der Waals surface area contributed by atoms with E-state index in [0.717, 1.165) is 0 Å². The molecule has 1 fully saturated rings. The first-order chi connectivity index (χ1) is 12.5. The number of hydrogen-bond acceptors (Lipinski definition) is 6. The molecule has 8 nitrogen and oxygen atoms in total. The van der Waals surface area contributed by atoms with Crippen molar-refractivity contribution in [2.45, 2.75) is 51.7 Å². The predicted octanol–water partition coefficient (Wildman–Crippen LogP) is 2.38. The molecule has 9 heteroatoms. The Morgan fingerprint density at radius 3 is 2.22 bits per heavy atom. The van der Waals surface area contributed by atoms with Gasteiger partial charge in [0.05, 0.1) is 0 Å². The van der Waals surface area contributed by atoms with Gasteiger partial charge in [-0.25, -0.2) is 9.59 Å². The number of benzene rings is 1. The molecule has 1 aromatic carbocycles. The fraction of sp³-hybridized carbons (Fsp3) is 0.444. The van der Waals surface area contributed by atoms with Crippen molar-refractivity contribution in [3.63, 3.8) is 0 Å². The van der Waals surface area contributed by atoms with Crippen molar-refractivity contribution >= 4 is 35.5 Å². The molecule has 0 radical (unpaired) electrons. The number of imide groups is 1. The Bertz CT molecular complexity index is 725. The van der Waals surface area contributed by atoms with Crippen LogP contribution >= 0.6 is 11.6 Å². The quantitative estimate of drug-likeness (QED) is 0.766. The lowest BCUT2D eigenvalue weighted by molar-refractivity contribution is -0.198. The van der Waals surface area contributed by atoms with Crippen LogP contribution in [0.25, 0.3) is 0 Å². The maximum Gasteiger partial charge on any atom is 0.408 e. The summed E-state index contributed by atoms with van der Waals surface area (Å²) in [6.07, 6.45) is -0.802. The van der Waals surface area contributed by atoms with E-state index in [1.165, 1.54) is 0 Å². The largest absolute Gasteiger partial charge is 0.444 e. The first-order valence-corrected chi connectivity index (χ1v) is 8.74. The van der Waals surface area contributed by atoms with Gasteiger partial charge in [0.2, 0.25) is 0 Å². The Morgan fingerprint density at radius 1 is 1.15 bits per heavy atom. The van der Waals surface area contributed by atoms with Crippen molar-refractivity contribution in [3.05, 3.63) is 34.9 Å². The summed E-state index contributed by atoms with van der Waals surface area (Å²) in [7, 11) is 0. The van der Waals surface area contributed by atoms with Crippen molar-refractivity contribution in [2.24, 2.45) is 0 Å². The zero-order valence-corrected chi connectivity index (χ0v) is 16.0. The van der Waals surface area contributed by atoms with Gasteiger partial charge in [-0.15, -0.1) is 5.06 Å². The number of carbonyl (C=O) groups is 4. The molecule has 27 heavy (non-hydrogen) atoms. The van der Waals surface area contributed by atoms with Crippen LogP contribution in [0, 0.1) is 0 Å². The van der Waals surface area contributed by atoms with E-state index in [9.17, 15) is 19.2 Å². The Kier molecular flexibility index (Phi) is 6.43. The van der Waals surface area contributed by atoms with Gasteiger partial charge in [0.1, 0.15) is 11.6 Å². The molecule has 0 aliphatic carbocycles. The fourth-order valence-corrected chi connectivity index (χ4v) is 2.44. The highest BCUT2D eigenvalue weighted by Crippen LogP contribution is 2.16. The number of carbonyl (C=O) groups excluding carboxylic acids is 4. The van der Waals surface area contributed by atoms with E-state index in [1.54, 1.807) is 45.0 Å². The van der Waals surface area contributed by atoms with E-state index in [-0.39, 0.29) is 19.3 Å². The molecule has 1 aliphatic rings. The molecular weight excluding hydrogens is 376 g/mol. The normalized spacial score (nSPS) is 15.5. The second kappa shape index (κ2) is 8.39. The zero-order chi connectivity index (χ0) is 20.2. The molecule has 0 saturated carbocycles. The summed E-state index contributed by atoms with van der Waals surface area (Å²) in [5.41, 5.74) is -0.0730. The third-order valence-electron chi connectivity index (χ3n) is 3.52. The summed E-state index contributed by atoms with van der Waals surface area (Å²) < 4.78 is 5.16. The molecule has 1 aromatic rings. The van der Waals surface area contributed by atoms with Crippen molar-refractivity contribution < 1.29 is 28.8 Å². The maximum absolute atomic E-state index is 12.5. The van der Waals surface area contributed by atoms with Gasteiger partial charge in [0.15, 0.2) is 0 Å². The summed E-state index contributed by atoms with van der Waals surface area (Å²) in [5, 5.41) is 3.38. The number of rotatable bonds is 5. The number of ether oxygens (including phenoxy) is 1. The number of amides is 3. The third kappa shape index (κ3) is 6.25. The molecule has 1 saturated heterocycles. The maximum atomic E-state index is 12.5. The number of nitrogens with one attached hydrogen (secondary N) is 1. The molecule has 0 unspecified atom stereocenters. The third-order valence-corrected chi connectivity index (χ3v) is 3.77. The molecule has 0 aromatic heterocycles. The van der Waals surface area contributed by atoms with Gasteiger partial charge in [0, 0.05) is 24.3 Å². The Labute approximate surface area is 161 Å². The van der Waals surface area contributed by atoms with Gasteiger partial charge in [0.25, 0.3) is 11.8 Å². The Balaban J connectivity index is 2.13. The number of alkyl carbamates (subject to hydrolysis) is 1. The summed E-state index contributed by atoms with van der Waals surface area (Å²) in [6, 6.07) is 5.49. The van der Waals surface area contributed by atoms with Gasteiger partial charge in [-0.1, -0.05) is 23.7 Å². The zero-order valence-electron chi connectivity index (χ0n) is 15.3. The molecule has 3 amide bonds. The van der Waals surface area contributed by atoms with Crippen molar-refractivity contribution in [3.8, 4) is 0 Å². The van der Waals surface area contributed by atoms with Crippen LogP contribution in [0.15, 0.2) is 24.3 Å². The smallest absolute Gasteiger partial charge is 0.408 e. The van der Waals surface area contributed by atoms with Crippen LogP contribution < -0.4 is 5.32 Å². The van der Waals surface area contributed by atoms with Crippen LogP contribution in [0.4, 0.5) is 4.79 Å². The van der Waals surface area contributed by atoms with Crippen LogP contribution in [0.1, 0.15) is 39.2 Å². The second-order valence-electron chi connectivity index (χ2n) is 7.02. The fourth-order valence-electron chi connectivity index (χ4n) is 2.31. The van der Waals surface area contributed by atoms with E-state index in [2.05, 4.69) is 5.32 Å². The van der Waals surface area contributed by atoms with Gasteiger partial charge in [-0.2, -0.15) is 0 Å². The van der Waals surface area contributed by atoms with E-state index in [1.807, 2.05) is 0 Å². The standard InChI is InChI=1S/C18H21ClN2O6/c1-18(2,3)26-17(25)20-13(10-11-4-6-12(19)7-5-11)16(24)27-21-14(22)8-9-15(21)23/h4-7,13H,8-10H2,1-3H3,(H,20,25)/t13-/m1/s1. The Morgan fingerprint density at radius 2 is 1.70 bits per heavy atom. The number of hydroxylamine groups is 2. The van der Waals surface area contributed by atoms with Gasteiger partial charge in [-0.3, -0.25) is 9.59 Å². The van der Waals surface area contributed by atoms with Crippen molar-refractivity contribution in [2.75, 3.05) is 0 Å². The predicted molar refractivity (Wildman–Crippen MR) is 95.5 cm³/mol. The topological polar surface area (TPSA) is 102 Å². The average molecular weight is 397 g/mol. The lowest BCUT2D eigenvalue weighted by Crippen LogP contribution is -2.48. The van der Waals surface area contributed by atoms with E-state index in [0.29, 0.717) is 15.6 Å². The highest BCUT2D eigenvalue weighted by atomic mass is 35.5. The summed E-state index contributed by atoms with van der Waals surface area (Å²) in [6.45, 7) is 5.04. The SMILES string of the molecule is CC(C)(C)OC(=O)N[C@H](Cc1ccc(Cl)cc1)C(=O)ON1C(=O)CCC1=O. The lowest BCUT2D eigenvalue weighted by atomic mass is 10.1. The van der Waals surface area contributed by atoms with Crippen molar-refractivity contribution in [1.29, 1.82) is 0 Å². The minimum atomic E-state index is -1.16. The molecule has 0 bridgehead atoms. The lowest BCUT2D eigenvalue weighted by Gasteiger charge is -2.23. The number of nitrogens with zero attached hydrogens (tertiary/aromatic N) is 1. The summed E-state index contributed by atoms with van der Waals surface area (Å²) >= 11 is 5.85. The van der Waals surface area contributed by atoms with Crippen LogP contribution in [0.5, 0.6) is 0 Å². The molecule has 1 aliphatic heterocycles. The van der Waals surface area contributed by atoms with E-state index in [4.69, 9.17) is 21.2 Å². The van der Waals surface area contributed by atoms with Crippen LogP contribution in [-0.2, 0) is 30.4 Å². The first kappa shape index (κ1) is 20.7. The molecule has 1 heterocycles. The minimum absolute atomic E-state index is 0.0204. The first-order valence-electron chi connectivity index (χ1n) is 8.37. The summed E-state index contributed by atoms with van der Waals surface area (Å²) in [4.78, 5) is 52.8. The minimum Gasteiger partial charge on any atom is -0.444 e. The van der Waals surface area contributed by atoms with Gasteiger partial charge in [-0.05, 0) is 38.5 Å². The highest BCUT2D eigenvalue weighted by Gasteiger charge is 2.35. The molecular formula is C18H21ClN2O6. The summed E-state index contributed by atoms with van der Waals surface area (Å²) in [5.74, 6) is -2.15. The number of halogens is 1. The molecule has 1 N–H and O–H groups in total. The van der Waals surface area contributed by atoms with Crippen LogP contribution in [0.2, 0.25) is 5.02 Å². The molecule has 2 rings (SSSR count). The van der Waals surface area contributed by atoms with Gasteiger partial charge >= 0.3 is 12.1 Å². The highest BCUT2D eigenvalue weighted by molar-refractivity contribution is 6.30. The second-order valence-corrected chi connectivity index (χ2v) is 7.46. The van der Waals surface area contributed by atoms with E-state index < -0.39 is 35.5 Å². The van der Waals surface area contributed by atoms with Crippen molar-refractivity contribution in [1.82, 2.24) is 10.4 Å².